The van der Waals surface area contributed by atoms with Gasteiger partial charge in [0.25, 0.3) is 0 Å². The van der Waals surface area contributed by atoms with Gasteiger partial charge < -0.3 is 55.4 Å². The average molecular weight is 944 g/mol. The summed E-state index contributed by atoms with van der Waals surface area (Å²) in [6.07, 6.45) is 1.87. The smallest absolute Gasteiger partial charge is 0.456 e. The van der Waals surface area contributed by atoms with E-state index in [1.165, 1.54) is 44.9 Å². The van der Waals surface area contributed by atoms with Crippen LogP contribution in [-0.4, -0.2) is 108 Å². The number of carbonyl (C=O) groups is 2. The molecule has 23 heteroatoms. The van der Waals surface area contributed by atoms with Crippen LogP contribution >= 0.6 is 23.5 Å². The first-order valence-corrected chi connectivity index (χ1v) is 23.4. The fourth-order valence-electron chi connectivity index (χ4n) is 5.41. The zero-order valence-corrected chi connectivity index (χ0v) is 36.2. The molecule has 20 nitrogen and oxygen atoms in total. The van der Waals surface area contributed by atoms with Crippen molar-refractivity contribution in [1.29, 1.82) is 0 Å². The van der Waals surface area contributed by atoms with Gasteiger partial charge >= 0.3 is 35.4 Å². The normalized spacial score (nSPS) is 20.8. The van der Waals surface area contributed by atoms with Crippen molar-refractivity contribution in [2.45, 2.75) is 140 Å². The van der Waals surface area contributed by atoms with E-state index in [4.69, 9.17) is 24.9 Å². The van der Waals surface area contributed by atoms with Gasteiger partial charge in [-0.1, -0.05) is 84.0 Å². The van der Waals surface area contributed by atoms with E-state index in [0.717, 1.165) is 25.7 Å². The molecule has 0 heterocycles. The van der Waals surface area contributed by atoms with Crippen molar-refractivity contribution in [1.82, 2.24) is 6.15 Å². The van der Waals surface area contributed by atoms with Crippen LogP contribution < -0.4 is 6.15 Å². The van der Waals surface area contributed by atoms with Gasteiger partial charge in [0.05, 0.1) is 6.61 Å². The van der Waals surface area contributed by atoms with E-state index in [0.29, 0.717) is 12.8 Å². The Bertz CT molecular complexity index is 1890. The largest absolute Gasteiger partial charge is 0.472 e. The van der Waals surface area contributed by atoms with Crippen LogP contribution in [0.3, 0.4) is 0 Å². The van der Waals surface area contributed by atoms with Gasteiger partial charge in [-0.05, 0) is 65.6 Å². The molecule has 362 valence electrons. The predicted molar refractivity (Wildman–Crippen MR) is 240 cm³/mol. The summed E-state index contributed by atoms with van der Waals surface area (Å²) in [5.41, 5.74) is 0. The van der Waals surface area contributed by atoms with Crippen LogP contribution in [0.15, 0.2) is 0 Å². The van der Waals surface area contributed by atoms with Crippen LogP contribution in [0.4, 0.5) is 0 Å². The Morgan fingerprint density at radius 2 is 1.00 bits per heavy atom. The second kappa shape index (κ2) is 31.3. The third-order valence-corrected chi connectivity index (χ3v) is 10.2. The fourth-order valence-corrected chi connectivity index (χ4v) is 7.52. The lowest BCUT2D eigenvalue weighted by molar-refractivity contribution is -0.213. The lowest BCUT2D eigenvalue weighted by atomic mass is 9.85. The molecule has 0 spiro atoms. The van der Waals surface area contributed by atoms with E-state index < -0.39 is 91.3 Å². The average Bonchev–Trinajstić information content (AvgIpc) is 3.16. The van der Waals surface area contributed by atoms with E-state index in [1.54, 1.807) is 0 Å². The molecule has 0 aliphatic heterocycles. The monoisotopic (exact) mass is 943 g/mol. The third-order valence-electron chi connectivity index (χ3n) is 8.14. The molecule has 0 aromatic rings. The first-order valence-electron chi connectivity index (χ1n) is 18.8. The minimum absolute atomic E-state index is 0. The maximum Gasteiger partial charge on any atom is 0.472 e. The van der Waals surface area contributed by atoms with E-state index in [-0.39, 0.29) is 28.3 Å². The standard InChI is InChI=1S/C38H51O19P3.H3N.11H2/c1-3-5-7-9-11-13-15-16-17-19-21-23-25-27-32(40)54-30(28-52-31(39)26-24-22-20-18-14-12-10-8-6-4-2)29-53-60(50,51)57-38-34(42)36(55-58(44,45)46)33(41)37(35(38)43)56-59(47,48)49;;;;;;;;;;;;/h2,30,33-38,41-43H,3,5,7,9,11,13,15-17,19,21,23,25,27-29H2,1H3,(H,50,51)(H2,44,45,46)(H2,47,48,49);1H3;11*1H/t30-,33?,34+,35?,36?,37-,38?;;;;;;;;;;;;/m1............/s1. The van der Waals surface area contributed by atoms with E-state index in [9.17, 15) is 63.1 Å². The summed E-state index contributed by atoms with van der Waals surface area (Å²) in [6.45, 7) is 0.339. The second-order valence-electron chi connectivity index (χ2n) is 13.0. The molecule has 8 atom stereocenters. The number of phosphoric acid groups is 3. The van der Waals surface area contributed by atoms with Crippen LogP contribution in [0.1, 0.15) is 113 Å². The van der Waals surface area contributed by atoms with Crippen molar-refractivity contribution in [3.05, 3.63) is 0 Å². The minimum Gasteiger partial charge on any atom is -0.456 e. The lowest BCUT2D eigenvalue weighted by Crippen LogP contribution is -2.65. The Balaban J connectivity index is -0.000000300. The second-order valence-corrected chi connectivity index (χ2v) is 16.8. The van der Waals surface area contributed by atoms with Gasteiger partial charge in [-0.3, -0.25) is 22.9 Å². The fraction of sp³-hybridized carbons (Fsp3) is 0.632. The molecule has 0 radical (unpaired) electrons. The number of aliphatic hydroxyl groups excluding tert-OH is 3. The summed E-state index contributed by atoms with van der Waals surface area (Å²) in [4.78, 5) is 72.3. The summed E-state index contributed by atoms with van der Waals surface area (Å²) < 4.78 is 64.4. The van der Waals surface area contributed by atoms with Gasteiger partial charge in [-0.2, -0.15) is 0 Å². The molecule has 1 rings (SSSR count). The van der Waals surface area contributed by atoms with E-state index >= 15 is 0 Å². The van der Waals surface area contributed by atoms with Gasteiger partial charge in [-0.15, -0.1) is 6.42 Å². The summed E-state index contributed by atoms with van der Waals surface area (Å²) >= 11 is 0. The van der Waals surface area contributed by atoms with Crippen LogP contribution in [0.2, 0.25) is 0 Å². The van der Waals surface area contributed by atoms with Crippen molar-refractivity contribution in [2.24, 2.45) is 0 Å². The molecule has 5 unspecified atom stereocenters. The van der Waals surface area contributed by atoms with Gasteiger partial charge in [0.15, 0.2) is 6.10 Å². The van der Waals surface area contributed by atoms with Crippen molar-refractivity contribution < 1.29 is 106 Å². The van der Waals surface area contributed by atoms with Crippen LogP contribution in [0.5, 0.6) is 0 Å². The highest BCUT2D eigenvalue weighted by atomic mass is 31.2. The number of rotatable bonds is 26. The molecule has 0 aromatic carbocycles. The molecule has 1 saturated carbocycles. The van der Waals surface area contributed by atoms with Crippen LogP contribution in [0.25, 0.3) is 0 Å². The number of phosphoric ester groups is 3. The highest BCUT2D eigenvalue weighted by Gasteiger charge is 2.56. The molecule has 1 fully saturated rings. The Hall–Kier alpha value is -3.53. The predicted octanol–water partition coefficient (Wildman–Crippen LogP) is 5.00. The van der Waals surface area contributed by atoms with Crippen molar-refractivity contribution >= 4 is 35.4 Å². The number of ether oxygens (including phenoxy) is 2. The number of aliphatic hydroxyl groups is 3. The first kappa shape index (κ1) is 57.5. The van der Waals surface area contributed by atoms with Crippen molar-refractivity contribution in [3.8, 4) is 71.5 Å². The molecule has 0 amide bonds. The molecule has 1 aliphatic carbocycles. The summed E-state index contributed by atoms with van der Waals surface area (Å²) in [6, 6.07) is 0. The highest BCUT2D eigenvalue weighted by Crippen LogP contribution is 2.51. The maximum absolute atomic E-state index is 13.0. The molecular formula is C38H76NO19P3. The number of esters is 2. The first-order chi connectivity index (χ1) is 28.3. The number of unbranched alkanes of at least 4 members (excludes halogenated alkanes) is 12. The molecule has 0 saturated heterocycles. The minimum atomic E-state index is -5.58. The Morgan fingerprint density at radius 3 is 1.43 bits per heavy atom. The maximum atomic E-state index is 13.0. The number of terminal acetylenes is 1. The van der Waals surface area contributed by atoms with E-state index in [2.05, 4.69) is 75.2 Å². The SMILES string of the molecule is C#CC#CC#CC#CC#CC#CC(=O)OC[C@H](COP(=O)(O)OC1C(O)[C@H](OP(=O)(O)O)C(O)C(OP(=O)(O)O)[C@@H]1O)OC(=O)CCCCCCCCCCCCCCC.N.[HH].[HH].[HH].[HH].[HH].[HH].[HH].[HH].[HH].[HH].[HH]. The topological polar surface area (TPSA) is 338 Å². The Kier molecular flexibility index (Phi) is 29.5. The Labute approximate surface area is 372 Å². The zero-order chi connectivity index (χ0) is 45.0. The van der Waals surface area contributed by atoms with E-state index in [1.807, 2.05) is 5.92 Å². The summed E-state index contributed by atoms with van der Waals surface area (Å²) in [7, 11) is -16.7. The zero-order valence-electron chi connectivity index (χ0n) is 33.5. The molecule has 11 N–H and O–H groups in total. The summed E-state index contributed by atoms with van der Waals surface area (Å²) in [5.74, 6) is 22.7. The summed E-state index contributed by atoms with van der Waals surface area (Å²) in [5, 5.41) is 31.6. The molecule has 61 heavy (non-hydrogen) atoms. The Morgan fingerprint density at radius 1 is 0.607 bits per heavy atom. The van der Waals surface area contributed by atoms with Gasteiger partial charge in [0.1, 0.15) is 43.2 Å². The number of hydrogen-bond donors (Lipinski definition) is 9. The van der Waals surface area contributed by atoms with Crippen LogP contribution in [-0.2, 0) is 50.9 Å². The van der Waals surface area contributed by atoms with Gasteiger partial charge in [-0.25, -0.2) is 18.5 Å². The molecule has 0 bridgehead atoms. The highest BCUT2D eigenvalue weighted by molar-refractivity contribution is 7.47. The van der Waals surface area contributed by atoms with Gasteiger partial charge in [0, 0.05) is 28.0 Å². The van der Waals surface area contributed by atoms with Crippen molar-refractivity contribution in [2.75, 3.05) is 13.2 Å². The molecule has 0 aromatic heterocycles. The molecule has 1 aliphatic rings. The number of hydrogen-bond acceptors (Lipinski definition) is 15. The lowest BCUT2D eigenvalue weighted by Gasteiger charge is -2.44. The van der Waals surface area contributed by atoms with Crippen molar-refractivity contribution in [3.63, 3.8) is 0 Å². The molecular weight excluding hydrogens is 867 g/mol. The third kappa shape index (κ3) is 27.9. The number of carbonyl (C=O) groups excluding carboxylic acids is 2. The quantitative estimate of drug-likeness (QED) is 0.0181. The van der Waals surface area contributed by atoms with Crippen LogP contribution in [0, 0.1) is 71.5 Å². The van der Waals surface area contributed by atoms with Gasteiger partial charge in [0.2, 0.25) is 0 Å².